The van der Waals surface area contributed by atoms with E-state index in [4.69, 9.17) is 0 Å². The van der Waals surface area contributed by atoms with Gasteiger partial charge in [-0.3, -0.25) is 5.10 Å². The zero-order valence-corrected chi connectivity index (χ0v) is 8.58. The number of hydrogen-bond donors (Lipinski definition) is 1. The highest BCUT2D eigenvalue weighted by Gasteiger charge is 2.01. The fourth-order valence-corrected chi connectivity index (χ4v) is 1.58. The lowest BCUT2D eigenvalue weighted by molar-refractivity contribution is 1.07. The molecule has 2 aromatic rings. The predicted octanol–water partition coefficient (Wildman–Crippen LogP) is 2.76. The van der Waals surface area contributed by atoms with E-state index in [0.717, 1.165) is 11.0 Å². The number of rotatable bonds is 2. The minimum atomic E-state index is 0.915. The molecule has 0 aliphatic heterocycles. The summed E-state index contributed by atoms with van der Waals surface area (Å²) in [6.45, 7) is 0. The number of nitrogens with zero attached hydrogens (tertiary/aromatic N) is 1. The topological polar surface area (TPSA) is 28.7 Å². The second-order valence-electron chi connectivity index (χ2n) is 2.87. The highest BCUT2D eigenvalue weighted by molar-refractivity contribution is 9.10. The van der Waals surface area contributed by atoms with Crippen LogP contribution in [0.15, 0.2) is 41.1 Å². The van der Waals surface area contributed by atoms with E-state index in [2.05, 4.69) is 38.3 Å². The van der Waals surface area contributed by atoms with Gasteiger partial charge in [-0.25, -0.2) is 0 Å². The highest BCUT2D eigenvalue weighted by atomic mass is 79.9. The third-order valence-corrected chi connectivity index (χ3v) is 2.59. The number of aromatic nitrogens is 2. The maximum absolute atomic E-state index is 3.95. The molecule has 0 atom stereocenters. The molecule has 0 aliphatic rings. The Labute approximate surface area is 85.1 Å². The molecular formula is C10H9BrN2. The van der Waals surface area contributed by atoms with Gasteiger partial charge < -0.3 is 0 Å². The van der Waals surface area contributed by atoms with Gasteiger partial charge in [0.05, 0.1) is 6.20 Å². The van der Waals surface area contributed by atoms with Crippen molar-refractivity contribution in [2.45, 2.75) is 6.42 Å². The summed E-state index contributed by atoms with van der Waals surface area (Å²) >= 11 is 3.41. The average Bonchev–Trinajstić information content (AvgIpc) is 2.54. The predicted molar refractivity (Wildman–Crippen MR) is 55.5 cm³/mol. The van der Waals surface area contributed by atoms with Crippen molar-refractivity contribution >= 4 is 15.9 Å². The van der Waals surface area contributed by atoms with Crippen LogP contribution in [-0.2, 0) is 6.42 Å². The molecule has 0 saturated heterocycles. The van der Waals surface area contributed by atoms with Gasteiger partial charge in [0.25, 0.3) is 0 Å². The Kier molecular flexibility index (Phi) is 2.45. The van der Waals surface area contributed by atoms with Gasteiger partial charge in [-0.05, 0) is 21.5 Å². The smallest absolute Gasteiger partial charge is 0.104 e. The molecule has 0 amide bonds. The van der Waals surface area contributed by atoms with Crippen LogP contribution in [0.2, 0.25) is 0 Å². The van der Waals surface area contributed by atoms with Gasteiger partial charge in [0.1, 0.15) is 4.60 Å². The Morgan fingerprint density at radius 1 is 1.23 bits per heavy atom. The summed E-state index contributed by atoms with van der Waals surface area (Å²) < 4.78 is 0.969. The molecular weight excluding hydrogens is 228 g/mol. The molecule has 1 heterocycles. The van der Waals surface area contributed by atoms with E-state index in [1.807, 2.05) is 24.4 Å². The van der Waals surface area contributed by atoms with Crippen LogP contribution in [0, 0.1) is 0 Å². The Morgan fingerprint density at radius 2 is 2.00 bits per heavy atom. The highest BCUT2D eigenvalue weighted by Crippen LogP contribution is 2.16. The monoisotopic (exact) mass is 236 g/mol. The fraction of sp³-hybridized carbons (Fsp3) is 0.100. The number of H-pyrrole nitrogens is 1. The third-order valence-electron chi connectivity index (χ3n) is 1.90. The second kappa shape index (κ2) is 3.75. The molecule has 0 spiro atoms. The van der Waals surface area contributed by atoms with Gasteiger partial charge >= 0.3 is 0 Å². The van der Waals surface area contributed by atoms with Crippen molar-refractivity contribution in [3.8, 4) is 0 Å². The van der Waals surface area contributed by atoms with Crippen LogP contribution >= 0.6 is 15.9 Å². The molecule has 2 nitrogen and oxygen atoms in total. The summed E-state index contributed by atoms with van der Waals surface area (Å²) in [6, 6.07) is 10.3. The van der Waals surface area contributed by atoms with Gasteiger partial charge in [0.15, 0.2) is 0 Å². The molecule has 1 aromatic heterocycles. The number of hydrogen-bond acceptors (Lipinski definition) is 1. The molecule has 0 aliphatic carbocycles. The Morgan fingerprint density at radius 3 is 2.62 bits per heavy atom. The molecule has 2 rings (SSSR count). The summed E-state index contributed by atoms with van der Waals surface area (Å²) in [4.78, 5) is 0. The quantitative estimate of drug-likeness (QED) is 0.854. The molecule has 1 N–H and O–H groups in total. The third kappa shape index (κ3) is 1.98. The minimum Gasteiger partial charge on any atom is -0.271 e. The van der Waals surface area contributed by atoms with E-state index in [0.29, 0.717) is 0 Å². The number of benzene rings is 1. The normalized spacial score (nSPS) is 10.2. The molecule has 0 radical (unpaired) electrons. The molecule has 13 heavy (non-hydrogen) atoms. The first-order valence-electron chi connectivity index (χ1n) is 4.08. The molecule has 1 aromatic carbocycles. The maximum Gasteiger partial charge on any atom is 0.104 e. The first-order chi connectivity index (χ1) is 6.36. The summed E-state index contributed by atoms with van der Waals surface area (Å²) in [6.07, 6.45) is 2.76. The van der Waals surface area contributed by atoms with E-state index in [-0.39, 0.29) is 0 Å². The van der Waals surface area contributed by atoms with E-state index >= 15 is 0 Å². The van der Waals surface area contributed by atoms with Gasteiger partial charge in [0.2, 0.25) is 0 Å². The summed E-state index contributed by atoms with van der Waals surface area (Å²) in [5, 5.41) is 6.80. The van der Waals surface area contributed by atoms with Crippen LogP contribution in [0.4, 0.5) is 0 Å². The lowest BCUT2D eigenvalue weighted by Crippen LogP contribution is -1.85. The molecule has 0 unspecified atom stereocenters. The van der Waals surface area contributed by atoms with Crippen molar-refractivity contribution in [2.75, 3.05) is 0 Å². The molecule has 66 valence electrons. The van der Waals surface area contributed by atoms with E-state index in [9.17, 15) is 0 Å². The van der Waals surface area contributed by atoms with Gasteiger partial charge in [-0.2, -0.15) is 5.10 Å². The summed E-state index contributed by atoms with van der Waals surface area (Å²) in [7, 11) is 0. The Bertz CT molecular complexity index is 381. The molecule has 0 saturated carbocycles. The van der Waals surface area contributed by atoms with Crippen molar-refractivity contribution in [3.05, 3.63) is 52.3 Å². The van der Waals surface area contributed by atoms with Crippen molar-refractivity contribution in [3.63, 3.8) is 0 Å². The standard InChI is InChI=1S/C10H9BrN2/c11-10-9(7-12-13-10)6-8-4-2-1-3-5-8/h1-5,7H,6H2,(H,12,13). The maximum atomic E-state index is 3.95. The van der Waals surface area contributed by atoms with Crippen molar-refractivity contribution in [1.82, 2.24) is 10.2 Å². The van der Waals surface area contributed by atoms with Crippen molar-refractivity contribution in [2.24, 2.45) is 0 Å². The summed E-state index contributed by atoms with van der Waals surface area (Å²) in [5.41, 5.74) is 2.48. The van der Waals surface area contributed by atoms with Crippen LogP contribution in [0.25, 0.3) is 0 Å². The van der Waals surface area contributed by atoms with Gasteiger partial charge in [-0.15, -0.1) is 0 Å². The first kappa shape index (κ1) is 8.51. The van der Waals surface area contributed by atoms with Crippen molar-refractivity contribution < 1.29 is 0 Å². The number of halogens is 1. The Hall–Kier alpha value is -1.09. The van der Waals surface area contributed by atoms with E-state index < -0.39 is 0 Å². The molecule has 0 bridgehead atoms. The molecule has 0 fully saturated rings. The van der Waals surface area contributed by atoms with Crippen LogP contribution < -0.4 is 0 Å². The lowest BCUT2D eigenvalue weighted by Gasteiger charge is -1.97. The van der Waals surface area contributed by atoms with E-state index in [1.165, 1.54) is 11.1 Å². The van der Waals surface area contributed by atoms with Crippen LogP contribution in [0.3, 0.4) is 0 Å². The summed E-state index contributed by atoms with van der Waals surface area (Å²) in [5.74, 6) is 0. The van der Waals surface area contributed by atoms with Gasteiger partial charge in [-0.1, -0.05) is 30.3 Å². The second-order valence-corrected chi connectivity index (χ2v) is 3.66. The van der Waals surface area contributed by atoms with Crippen molar-refractivity contribution in [1.29, 1.82) is 0 Å². The SMILES string of the molecule is Brc1[nH]ncc1Cc1ccccc1. The lowest BCUT2D eigenvalue weighted by atomic mass is 10.1. The van der Waals surface area contributed by atoms with Crippen LogP contribution in [-0.4, -0.2) is 10.2 Å². The largest absolute Gasteiger partial charge is 0.271 e. The number of nitrogens with one attached hydrogen (secondary N) is 1. The fourth-order valence-electron chi connectivity index (χ4n) is 1.23. The Balaban J connectivity index is 2.20. The molecule has 3 heteroatoms. The zero-order valence-electron chi connectivity index (χ0n) is 7.00. The van der Waals surface area contributed by atoms with E-state index in [1.54, 1.807) is 0 Å². The average molecular weight is 237 g/mol. The van der Waals surface area contributed by atoms with Gasteiger partial charge in [0, 0.05) is 12.0 Å². The van der Waals surface area contributed by atoms with Crippen LogP contribution in [0.1, 0.15) is 11.1 Å². The number of aromatic amines is 1. The minimum absolute atomic E-state index is 0.915. The first-order valence-corrected chi connectivity index (χ1v) is 4.87. The zero-order chi connectivity index (χ0) is 9.10. The van der Waals surface area contributed by atoms with Crippen LogP contribution in [0.5, 0.6) is 0 Å².